The average molecular weight is 1380 g/mol. The van der Waals surface area contributed by atoms with Gasteiger partial charge in [0.2, 0.25) is 0 Å². The summed E-state index contributed by atoms with van der Waals surface area (Å²) in [5, 5.41) is 13.5. The number of pyridine rings is 4. The van der Waals surface area contributed by atoms with E-state index in [-0.39, 0.29) is 0 Å². The maximum Gasteiger partial charge on any atom is 0.0491 e. The van der Waals surface area contributed by atoms with E-state index in [4.69, 9.17) is 0 Å². The van der Waals surface area contributed by atoms with Gasteiger partial charge in [-0.05, 0) is 216 Å². The SMILES string of the molecule is CC.CC.CC.CC.CC.CC.CC.CC.CC.CC.Cc1cc2c3ccccc3c(C)cc2c2ccccc12.Cc1ccc(C)nc1.Cc1ccc(C)nc1.Cc1ccc2c(c1)c1ccccc1n2C.Cc1ccc2c3ccccc3n(C)c2c1.Cc1cccc(C)n1.Cc1ccnc(C)c1. The highest BCUT2D eigenvalue weighted by molar-refractivity contribution is 6.19. The third-order valence-corrected chi connectivity index (χ3v) is 14.6. The van der Waals surface area contributed by atoms with Crippen LogP contribution in [-0.2, 0) is 14.1 Å². The molecule has 0 spiro atoms. The van der Waals surface area contributed by atoms with Crippen LogP contribution in [0.4, 0.5) is 0 Å². The molecule has 102 heavy (non-hydrogen) atoms. The molecule has 0 bridgehead atoms. The van der Waals surface area contributed by atoms with Crippen molar-refractivity contribution in [2.24, 2.45) is 14.1 Å². The predicted octanol–water partition coefficient (Wildman–Crippen LogP) is 30.1. The van der Waals surface area contributed by atoms with Crippen molar-refractivity contribution in [1.82, 2.24) is 29.1 Å². The zero-order valence-corrected chi connectivity index (χ0v) is 70.5. The molecule has 0 N–H and O–H groups in total. The van der Waals surface area contributed by atoms with Crippen molar-refractivity contribution in [3.05, 3.63) is 286 Å². The number of hydrogen-bond acceptors (Lipinski definition) is 4. The van der Waals surface area contributed by atoms with Crippen LogP contribution in [0.2, 0.25) is 0 Å². The Morgan fingerprint density at radius 1 is 0.206 bits per heavy atom. The molecule has 0 amide bonds. The van der Waals surface area contributed by atoms with Crippen LogP contribution in [-0.4, -0.2) is 29.1 Å². The van der Waals surface area contributed by atoms with Crippen LogP contribution >= 0.6 is 0 Å². The minimum Gasteiger partial charge on any atom is -0.344 e. The number of benzene rings is 8. The van der Waals surface area contributed by atoms with Crippen LogP contribution in [0, 0.1) is 83.1 Å². The Labute approximate surface area is 623 Å². The van der Waals surface area contributed by atoms with Gasteiger partial charge in [0.05, 0.1) is 0 Å². The minimum atomic E-state index is 1.08. The maximum absolute atomic E-state index is 4.17. The first kappa shape index (κ1) is 96.9. The molecule has 14 rings (SSSR count). The van der Waals surface area contributed by atoms with E-state index in [2.05, 4.69) is 242 Å². The standard InChI is InChI=1S/C20H16.2C14H13N.4C7H9N.10C2H6/c1-13-11-19-18-10-6-4-8-16(18)14(2)12-20(19)17-9-5-3-7-15(13)17;1-10-7-8-14-12(9-10)11-5-3-4-6-13(11)15(14)2;1-10-7-8-12-11-5-3-4-6-13(11)15(2)14(12)9-10;1-6-3-4-8-7(2)5-6;2*1-6-3-4-7(2)8-5-6;1-6-4-3-5-7(2)8-6;10*1-2/h3-12H,1-2H3;2*3-9H,1-2H3;4*3-5H,1-2H3;10*1-2H3. The van der Waals surface area contributed by atoms with Crippen molar-refractivity contribution >= 4 is 75.9 Å². The number of fused-ring (bicyclic) bond motifs is 11. The molecule has 0 aliphatic carbocycles. The van der Waals surface area contributed by atoms with Crippen molar-refractivity contribution in [2.45, 2.75) is 222 Å². The Morgan fingerprint density at radius 2 is 0.529 bits per heavy atom. The van der Waals surface area contributed by atoms with Crippen molar-refractivity contribution in [3.8, 4) is 0 Å². The Balaban J connectivity index is -0.00000110. The van der Waals surface area contributed by atoms with Gasteiger partial charge in [-0.1, -0.05) is 277 Å². The van der Waals surface area contributed by atoms with E-state index in [1.54, 1.807) is 0 Å². The fourth-order valence-electron chi connectivity index (χ4n) is 10.3. The van der Waals surface area contributed by atoms with Crippen LogP contribution in [0.3, 0.4) is 0 Å². The van der Waals surface area contributed by atoms with Gasteiger partial charge < -0.3 is 9.13 Å². The second kappa shape index (κ2) is 57.4. The van der Waals surface area contributed by atoms with E-state index < -0.39 is 0 Å². The normalized spacial score (nSPS) is 9.08. The lowest BCUT2D eigenvalue weighted by atomic mass is 9.92. The maximum atomic E-state index is 4.17. The molecular weight excluding hydrogens is 1240 g/mol. The lowest BCUT2D eigenvalue weighted by Gasteiger charge is -2.12. The summed E-state index contributed by atoms with van der Waals surface area (Å²) in [4.78, 5) is 16.4. The third-order valence-electron chi connectivity index (χ3n) is 14.6. The summed E-state index contributed by atoms with van der Waals surface area (Å²) in [6.07, 6.45) is 5.56. The van der Waals surface area contributed by atoms with Gasteiger partial charge in [-0.2, -0.15) is 0 Å². The molecule has 6 heterocycles. The third kappa shape index (κ3) is 31.3. The van der Waals surface area contributed by atoms with Gasteiger partial charge in [-0.25, -0.2) is 0 Å². The van der Waals surface area contributed by atoms with Gasteiger partial charge in [0, 0.05) is 105 Å². The lowest BCUT2D eigenvalue weighted by Crippen LogP contribution is -1.86. The molecule has 6 nitrogen and oxygen atoms in total. The van der Waals surface area contributed by atoms with Gasteiger partial charge in [0.15, 0.2) is 0 Å². The van der Waals surface area contributed by atoms with E-state index in [0.717, 1.165) is 28.5 Å². The summed E-state index contributed by atoms with van der Waals surface area (Å²) in [5.74, 6) is 0. The Kier molecular flexibility index (Phi) is 54.5. The molecular formula is C96H138N6. The number of aromatic nitrogens is 6. The first-order valence-electron chi connectivity index (χ1n) is 38.2. The lowest BCUT2D eigenvalue weighted by molar-refractivity contribution is 1.01. The minimum absolute atomic E-state index is 1.08. The van der Waals surface area contributed by atoms with Gasteiger partial charge >= 0.3 is 0 Å². The van der Waals surface area contributed by atoms with Gasteiger partial charge in [-0.3, -0.25) is 19.9 Å². The molecule has 0 aliphatic heterocycles. The molecule has 6 heteroatoms. The van der Waals surface area contributed by atoms with Gasteiger partial charge in [0.1, 0.15) is 0 Å². The van der Waals surface area contributed by atoms with E-state index in [0.29, 0.717) is 0 Å². The van der Waals surface area contributed by atoms with Crippen LogP contribution in [0.5, 0.6) is 0 Å². The molecule has 0 saturated carbocycles. The smallest absolute Gasteiger partial charge is 0.0491 e. The highest BCUT2D eigenvalue weighted by atomic mass is 14.9. The first-order chi connectivity index (χ1) is 49.4. The fourth-order valence-corrected chi connectivity index (χ4v) is 10.3. The highest BCUT2D eigenvalue weighted by Crippen LogP contribution is 2.35. The monoisotopic (exact) mass is 1380 g/mol. The van der Waals surface area contributed by atoms with E-state index in [1.807, 2.05) is 242 Å². The zero-order chi connectivity index (χ0) is 78.5. The second-order valence-electron chi connectivity index (χ2n) is 21.6. The van der Waals surface area contributed by atoms with Crippen molar-refractivity contribution in [1.29, 1.82) is 0 Å². The Morgan fingerprint density at radius 3 is 0.882 bits per heavy atom. The summed E-state index contributed by atoms with van der Waals surface area (Å²) >= 11 is 0. The molecule has 0 saturated heterocycles. The van der Waals surface area contributed by atoms with Gasteiger partial charge in [-0.15, -0.1) is 0 Å². The van der Waals surface area contributed by atoms with E-state index in [9.17, 15) is 0 Å². The molecule has 0 atom stereocenters. The van der Waals surface area contributed by atoms with Crippen molar-refractivity contribution in [2.75, 3.05) is 0 Å². The second-order valence-corrected chi connectivity index (χ2v) is 21.6. The molecule has 6 aromatic heterocycles. The highest BCUT2D eigenvalue weighted by Gasteiger charge is 2.10. The molecule has 8 aromatic carbocycles. The summed E-state index contributed by atoms with van der Waals surface area (Å²) in [7, 11) is 4.25. The largest absolute Gasteiger partial charge is 0.344 e. The number of rotatable bonds is 0. The summed E-state index contributed by atoms with van der Waals surface area (Å²) in [6, 6.07) is 70.6. The topological polar surface area (TPSA) is 61.4 Å². The van der Waals surface area contributed by atoms with Crippen LogP contribution in [0.1, 0.15) is 206 Å². The molecule has 0 aliphatic rings. The number of nitrogens with zero attached hydrogens (tertiary/aromatic N) is 6. The van der Waals surface area contributed by atoms with Gasteiger partial charge in [0.25, 0.3) is 0 Å². The van der Waals surface area contributed by atoms with Crippen LogP contribution < -0.4 is 0 Å². The summed E-state index contributed by atoms with van der Waals surface area (Å²) < 4.78 is 4.52. The number of para-hydroxylation sites is 2. The molecule has 0 radical (unpaired) electrons. The first-order valence-corrected chi connectivity index (χ1v) is 38.2. The van der Waals surface area contributed by atoms with E-state index >= 15 is 0 Å². The Hall–Kier alpha value is -9.26. The van der Waals surface area contributed by atoms with E-state index in [1.165, 1.54) is 115 Å². The van der Waals surface area contributed by atoms with Crippen molar-refractivity contribution < 1.29 is 0 Å². The Bertz CT molecular complexity index is 4180. The molecule has 0 unspecified atom stereocenters. The summed E-state index contributed by atoms with van der Waals surface area (Å²) in [5.41, 5.74) is 19.7. The number of hydrogen-bond donors (Lipinski definition) is 0. The number of aryl methyl sites for hydroxylation is 14. The molecule has 552 valence electrons. The van der Waals surface area contributed by atoms with Crippen LogP contribution in [0.15, 0.2) is 219 Å². The quantitative estimate of drug-likeness (QED) is 0.142. The fraction of sp³-hybridized carbons (Fsp3) is 0.354. The summed E-state index contributed by atoms with van der Waals surface area (Å²) in [6.45, 7) is 64.8. The zero-order valence-electron chi connectivity index (χ0n) is 70.5. The molecule has 0 fully saturated rings. The molecule has 14 aromatic rings. The van der Waals surface area contributed by atoms with Crippen molar-refractivity contribution in [3.63, 3.8) is 0 Å². The van der Waals surface area contributed by atoms with Crippen LogP contribution in [0.25, 0.3) is 75.9 Å². The predicted molar refractivity (Wildman–Crippen MR) is 467 cm³/mol. The average Bonchev–Trinajstić information content (AvgIpc) is 0.843.